The van der Waals surface area contributed by atoms with Crippen molar-refractivity contribution in [3.63, 3.8) is 0 Å². The van der Waals surface area contributed by atoms with E-state index in [2.05, 4.69) is 22.6 Å². The van der Waals surface area contributed by atoms with Crippen molar-refractivity contribution in [3.05, 3.63) is 35.6 Å². The number of carbonyl (C=O) groups excluding carboxylic acids is 1. The number of nitrogens with zero attached hydrogens (tertiary/aromatic N) is 1. The lowest BCUT2D eigenvalue weighted by Crippen LogP contribution is -2.46. The molecule has 1 heterocycles. The lowest BCUT2D eigenvalue weighted by Gasteiger charge is -2.30. The number of piperidine rings is 1. The lowest BCUT2D eigenvalue weighted by atomic mass is 9.96. The van der Waals surface area contributed by atoms with Gasteiger partial charge in [-0.25, -0.2) is 9.18 Å². The fourth-order valence-corrected chi connectivity index (χ4v) is 2.90. The van der Waals surface area contributed by atoms with Crippen LogP contribution in [-0.2, 0) is 5.60 Å². The van der Waals surface area contributed by atoms with Gasteiger partial charge in [-0.3, -0.25) is 0 Å². The van der Waals surface area contributed by atoms with E-state index >= 15 is 0 Å². The topological polar surface area (TPSA) is 64.6 Å². The van der Waals surface area contributed by atoms with Gasteiger partial charge >= 0.3 is 6.03 Å². The zero-order chi connectivity index (χ0) is 16.9. The third-order valence-corrected chi connectivity index (χ3v) is 4.33. The van der Waals surface area contributed by atoms with Gasteiger partial charge in [0, 0.05) is 13.1 Å². The zero-order valence-electron chi connectivity index (χ0n) is 13.8. The van der Waals surface area contributed by atoms with Crippen LogP contribution in [0, 0.1) is 11.7 Å². The summed E-state index contributed by atoms with van der Waals surface area (Å²) < 4.78 is 12.9. The van der Waals surface area contributed by atoms with E-state index in [0.717, 1.165) is 25.9 Å². The number of amides is 2. The smallest absolute Gasteiger partial charge is 0.314 e. The molecule has 128 valence electrons. The summed E-state index contributed by atoms with van der Waals surface area (Å²) in [7, 11) is 2.09. The Morgan fingerprint density at radius 2 is 2.09 bits per heavy atom. The van der Waals surface area contributed by atoms with Crippen LogP contribution in [0.2, 0.25) is 0 Å². The zero-order valence-corrected chi connectivity index (χ0v) is 13.8. The molecule has 2 atom stereocenters. The fourth-order valence-electron chi connectivity index (χ4n) is 2.90. The molecule has 6 heteroatoms. The number of urea groups is 1. The SMILES string of the molecule is CN1CCCC(CNC(=O)NCC(C)(O)c2ccc(F)cc2)C1. The number of halogens is 1. The number of hydrogen-bond acceptors (Lipinski definition) is 3. The van der Waals surface area contributed by atoms with E-state index in [0.29, 0.717) is 18.0 Å². The Labute approximate surface area is 136 Å². The van der Waals surface area contributed by atoms with Gasteiger partial charge in [0.1, 0.15) is 11.4 Å². The molecule has 1 aromatic carbocycles. The van der Waals surface area contributed by atoms with Crippen molar-refractivity contribution in [3.8, 4) is 0 Å². The van der Waals surface area contributed by atoms with Gasteiger partial charge in [-0.05, 0) is 57.0 Å². The van der Waals surface area contributed by atoms with E-state index in [4.69, 9.17) is 0 Å². The summed E-state index contributed by atoms with van der Waals surface area (Å²) in [5, 5.41) is 15.9. The van der Waals surface area contributed by atoms with Gasteiger partial charge in [-0.2, -0.15) is 0 Å². The Balaban J connectivity index is 1.75. The summed E-state index contributed by atoms with van der Waals surface area (Å²) in [6.07, 6.45) is 2.28. The number of carbonyl (C=O) groups is 1. The molecule has 0 radical (unpaired) electrons. The minimum absolute atomic E-state index is 0.0645. The molecule has 1 aromatic rings. The van der Waals surface area contributed by atoms with Gasteiger partial charge in [0.2, 0.25) is 0 Å². The Morgan fingerprint density at radius 3 is 2.74 bits per heavy atom. The average molecular weight is 323 g/mol. The highest BCUT2D eigenvalue weighted by atomic mass is 19.1. The minimum atomic E-state index is -1.24. The second-order valence-corrected chi connectivity index (χ2v) is 6.61. The predicted octanol–water partition coefficient (Wildman–Crippen LogP) is 1.67. The fraction of sp³-hybridized carbons (Fsp3) is 0.588. The van der Waals surface area contributed by atoms with E-state index in [1.807, 2.05) is 0 Å². The summed E-state index contributed by atoms with van der Waals surface area (Å²) in [4.78, 5) is 14.2. The van der Waals surface area contributed by atoms with E-state index in [1.165, 1.54) is 24.3 Å². The van der Waals surface area contributed by atoms with Crippen molar-refractivity contribution in [2.75, 3.05) is 33.2 Å². The van der Waals surface area contributed by atoms with Gasteiger partial charge in [0.15, 0.2) is 0 Å². The third kappa shape index (κ3) is 5.48. The van der Waals surface area contributed by atoms with Crippen molar-refractivity contribution < 1.29 is 14.3 Å². The van der Waals surface area contributed by atoms with Gasteiger partial charge in [-0.15, -0.1) is 0 Å². The molecule has 0 aliphatic carbocycles. The maximum absolute atomic E-state index is 12.9. The Bertz CT molecular complexity index is 519. The summed E-state index contributed by atoms with van der Waals surface area (Å²) >= 11 is 0. The van der Waals surface area contributed by atoms with Crippen molar-refractivity contribution >= 4 is 6.03 Å². The quantitative estimate of drug-likeness (QED) is 0.772. The molecule has 1 saturated heterocycles. The number of benzene rings is 1. The molecule has 23 heavy (non-hydrogen) atoms. The number of rotatable bonds is 5. The summed E-state index contributed by atoms with van der Waals surface area (Å²) in [5.41, 5.74) is -0.677. The molecule has 1 aliphatic rings. The van der Waals surface area contributed by atoms with Crippen molar-refractivity contribution in [2.24, 2.45) is 5.92 Å². The molecule has 2 amide bonds. The lowest BCUT2D eigenvalue weighted by molar-refractivity contribution is 0.0592. The summed E-state index contributed by atoms with van der Waals surface area (Å²) in [6.45, 7) is 4.40. The molecule has 0 saturated carbocycles. The van der Waals surface area contributed by atoms with Crippen LogP contribution < -0.4 is 10.6 Å². The van der Waals surface area contributed by atoms with Crippen LogP contribution in [0.5, 0.6) is 0 Å². The van der Waals surface area contributed by atoms with Crippen LogP contribution in [-0.4, -0.2) is 49.3 Å². The number of aliphatic hydroxyl groups is 1. The molecule has 0 spiro atoms. The largest absolute Gasteiger partial charge is 0.384 e. The Kier molecular flexibility index (Phi) is 5.96. The highest BCUT2D eigenvalue weighted by Gasteiger charge is 2.24. The molecular formula is C17H26FN3O2. The minimum Gasteiger partial charge on any atom is -0.384 e. The average Bonchev–Trinajstić information content (AvgIpc) is 2.51. The summed E-state index contributed by atoms with van der Waals surface area (Å²) in [5.74, 6) is 0.116. The normalized spacial score (nSPS) is 21.5. The van der Waals surface area contributed by atoms with Gasteiger partial charge < -0.3 is 20.6 Å². The van der Waals surface area contributed by atoms with Crippen LogP contribution in [0.25, 0.3) is 0 Å². The molecule has 0 aromatic heterocycles. The number of nitrogens with one attached hydrogen (secondary N) is 2. The first-order valence-electron chi connectivity index (χ1n) is 8.05. The first kappa shape index (κ1) is 17.7. The maximum atomic E-state index is 12.9. The Hall–Kier alpha value is -1.66. The van der Waals surface area contributed by atoms with E-state index < -0.39 is 5.60 Å². The monoisotopic (exact) mass is 323 g/mol. The van der Waals surface area contributed by atoms with Crippen LogP contribution >= 0.6 is 0 Å². The second kappa shape index (κ2) is 7.75. The van der Waals surface area contributed by atoms with E-state index in [9.17, 15) is 14.3 Å². The highest BCUT2D eigenvalue weighted by Crippen LogP contribution is 2.19. The van der Waals surface area contributed by atoms with Gasteiger partial charge in [0.05, 0.1) is 6.54 Å². The molecule has 0 bridgehead atoms. The number of hydrogen-bond donors (Lipinski definition) is 3. The molecule has 2 unspecified atom stereocenters. The molecular weight excluding hydrogens is 297 g/mol. The molecule has 2 rings (SSSR count). The molecule has 5 nitrogen and oxygen atoms in total. The predicted molar refractivity (Wildman–Crippen MR) is 87.6 cm³/mol. The summed E-state index contributed by atoms with van der Waals surface area (Å²) in [6, 6.07) is 5.34. The van der Waals surface area contributed by atoms with Gasteiger partial charge in [0.25, 0.3) is 0 Å². The van der Waals surface area contributed by atoms with Crippen molar-refractivity contribution in [1.82, 2.24) is 15.5 Å². The highest BCUT2D eigenvalue weighted by molar-refractivity contribution is 5.73. The number of likely N-dealkylation sites (tertiary alicyclic amines) is 1. The van der Waals surface area contributed by atoms with Crippen molar-refractivity contribution in [1.29, 1.82) is 0 Å². The van der Waals surface area contributed by atoms with Crippen LogP contribution in [0.4, 0.5) is 9.18 Å². The molecule has 1 fully saturated rings. The van der Waals surface area contributed by atoms with E-state index in [-0.39, 0.29) is 18.4 Å². The Morgan fingerprint density at radius 1 is 1.39 bits per heavy atom. The second-order valence-electron chi connectivity index (χ2n) is 6.61. The first-order chi connectivity index (χ1) is 10.9. The molecule has 3 N–H and O–H groups in total. The van der Waals surface area contributed by atoms with Gasteiger partial charge in [-0.1, -0.05) is 12.1 Å². The molecule has 1 aliphatic heterocycles. The van der Waals surface area contributed by atoms with Crippen molar-refractivity contribution in [2.45, 2.75) is 25.4 Å². The first-order valence-corrected chi connectivity index (χ1v) is 8.05. The van der Waals surface area contributed by atoms with Crippen LogP contribution in [0.15, 0.2) is 24.3 Å². The maximum Gasteiger partial charge on any atom is 0.314 e. The standard InChI is InChI=1S/C17H26FN3O2/c1-17(23,14-5-7-15(18)8-6-14)12-20-16(22)19-10-13-4-3-9-21(2)11-13/h5-8,13,23H,3-4,9-12H2,1-2H3,(H2,19,20,22). The van der Waals surface area contributed by atoms with Crippen LogP contribution in [0.3, 0.4) is 0 Å². The third-order valence-electron chi connectivity index (χ3n) is 4.33. The van der Waals surface area contributed by atoms with E-state index in [1.54, 1.807) is 6.92 Å². The van der Waals surface area contributed by atoms with Crippen LogP contribution in [0.1, 0.15) is 25.3 Å².